The molecular formula is C17H24FNOS. The third kappa shape index (κ3) is 3.43. The van der Waals surface area contributed by atoms with Crippen LogP contribution >= 0.6 is 11.8 Å². The molecule has 2 saturated heterocycles. The molecule has 3 atom stereocenters. The van der Waals surface area contributed by atoms with E-state index in [2.05, 4.69) is 6.92 Å². The lowest BCUT2D eigenvalue weighted by Crippen LogP contribution is -2.53. The Bertz CT molecular complexity index is 499. The predicted octanol–water partition coefficient (Wildman–Crippen LogP) is 3.39. The Morgan fingerprint density at radius 3 is 3.10 bits per heavy atom. The number of benzene rings is 1. The molecule has 0 saturated carbocycles. The lowest BCUT2D eigenvalue weighted by Gasteiger charge is -2.44. The predicted molar refractivity (Wildman–Crippen MR) is 86.0 cm³/mol. The highest BCUT2D eigenvalue weighted by atomic mass is 32.2. The highest BCUT2D eigenvalue weighted by molar-refractivity contribution is 7.99. The second-order valence-electron chi connectivity index (χ2n) is 6.84. The molecule has 2 heterocycles. The first kappa shape index (κ1) is 15.3. The number of hydrogen-bond donors (Lipinski definition) is 1. The summed E-state index contributed by atoms with van der Waals surface area (Å²) in [5, 5.41) is 0. The summed E-state index contributed by atoms with van der Waals surface area (Å²) in [6.45, 7) is 2.92. The van der Waals surface area contributed by atoms with Gasteiger partial charge in [-0.05, 0) is 62.0 Å². The number of nitrogens with two attached hydrogens (primary N) is 1. The smallest absolute Gasteiger partial charge is 0.123 e. The first-order valence-electron chi connectivity index (χ1n) is 7.74. The molecular weight excluding hydrogens is 285 g/mol. The minimum atomic E-state index is -0.308. The summed E-state index contributed by atoms with van der Waals surface area (Å²) >= 11 is 1.98. The molecule has 0 bridgehead atoms. The van der Waals surface area contributed by atoms with Crippen LogP contribution in [0.3, 0.4) is 0 Å². The van der Waals surface area contributed by atoms with Crippen molar-refractivity contribution in [1.82, 2.24) is 0 Å². The van der Waals surface area contributed by atoms with Crippen LogP contribution in [0.5, 0.6) is 0 Å². The molecule has 2 nitrogen and oxygen atoms in total. The first-order valence-corrected chi connectivity index (χ1v) is 8.90. The Hall–Kier alpha value is -0.580. The molecule has 0 aliphatic carbocycles. The maximum atomic E-state index is 13.4. The van der Waals surface area contributed by atoms with E-state index in [9.17, 15) is 4.39 Å². The normalized spacial score (nSPS) is 32.2. The van der Waals surface area contributed by atoms with Crippen molar-refractivity contribution in [3.8, 4) is 0 Å². The molecule has 0 amide bonds. The topological polar surface area (TPSA) is 35.2 Å². The Morgan fingerprint density at radius 1 is 1.52 bits per heavy atom. The van der Waals surface area contributed by atoms with E-state index in [0.717, 1.165) is 43.6 Å². The number of hydrogen-bond acceptors (Lipinski definition) is 3. The van der Waals surface area contributed by atoms with Crippen LogP contribution in [-0.2, 0) is 11.2 Å². The van der Waals surface area contributed by atoms with E-state index in [1.54, 1.807) is 12.1 Å². The summed E-state index contributed by atoms with van der Waals surface area (Å²) in [6, 6.07) is 6.82. The summed E-state index contributed by atoms with van der Waals surface area (Å²) in [5.41, 5.74) is 7.37. The minimum absolute atomic E-state index is 0.0517. The van der Waals surface area contributed by atoms with Gasteiger partial charge in [0.15, 0.2) is 0 Å². The van der Waals surface area contributed by atoms with Crippen molar-refractivity contribution in [3.05, 3.63) is 35.6 Å². The van der Waals surface area contributed by atoms with E-state index < -0.39 is 0 Å². The van der Waals surface area contributed by atoms with Crippen LogP contribution in [0.4, 0.5) is 4.39 Å². The van der Waals surface area contributed by atoms with Crippen LogP contribution in [0, 0.1) is 11.7 Å². The summed E-state index contributed by atoms with van der Waals surface area (Å²) in [5.74, 6) is 2.55. The lowest BCUT2D eigenvalue weighted by molar-refractivity contribution is -0.0910. The molecule has 116 valence electrons. The van der Waals surface area contributed by atoms with Gasteiger partial charge in [-0.2, -0.15) is 11.8 Å². The number of thioether (sulfide) groups is 1. The van der Waals surface area contributed by atoms with Gasteiger partial charge in [-0.1, -0.05) is 12.1 Å². The van der Waals surface area contributed by atoms with Gasteiger partial charge in [-0.25, -0.2) is 4.39 Å². The van der Waals surface area contributed by atoms with Crippen LogP contribution in [0.1, 0.15) is 31.7 Å². The minimum Gasteiger partial charge on any atom is -0.374 e. The van der Waals surface area contributed by atoms with Gasteiger partial charge in [0.2, 0.25) is 0 Å². The monoisotopic (exact) mass is 309 g/mol. The zero-order chi connectivity index (χ0) is 14.9. The molecule has 0 radical (unpaired) electrons. The summed E-state index contributed by atoms with van der Waals surface area (Å²) in [7, 11) is 0. The van der Waals surface area contributed by atoms with E-state index in [4.69, 9.17) is 10.5 Å². The molecule has 2 aliphatic rings. The molecule has 2 aliphatic heterocycles. The Labute approximate surface area is 130 Å². The fraction of sp³-hybridized carbons (Fsp3) is 0.647. The van der Waals surface area contributed by atoms with Gasteiger partial charge in [0, 0.05) is 17.9 Å². The highest BCUT2D eigenvalue weighted by Crippen LogP contribution is 2.43. The first-order chi connectivity index (χ1) is 9.99. The standard InChI is InChI=1S/C17H24FNOS/c1-16(19,10-13-3-2-4-15(18)9-13)14-5-7-20-17(11-14)6-8-21-12-17/h2-4,9,14H,5-8,10-12,19H2,1H3. The van der Waals surface area contributed by atoms with Crippen molar-refractivity contribution in [3.63, 3.8) is 0 Å². The second kappa shape index (κ2) is 5.90. The van der Waals surface area contributed by atoms with Crippen molar-refractivity contribution in [2.45, 2.75) is 43.7 Å². The molecule has 0 aromatic heterocycles. The van der Waals surface area contributed by atoms with Crippen molar-refractivity contribution in [2.75, 3.05) is 18.1 Å². The van der Waals surface area contributed by atoms with Gasteiger partial charge in [-0.3, -0.25) is 0 Å². The Kier molecular flexibility index (Phi) is 4.30. The van der Waals surface area contributed by atoms with E-state index in [1.165, 1.54) is 11.8 Å². The van der Waals surface area contributed by atoms with Crippen molar-refractivity contribution >= 4 is 11.8 Å². The van der Waals surface area contributed by atoms with Gasteiger partial charge in [-0.15, -0.1) is 0 Å². The molecule has 3 unspecified atom stereocenters. The van der Waals surface area contributed by atoms with Crippen LogP contribution < -0.4 is 5.73 Å². The van der Waals surface area contributed by atoms with E-state index >= 15 is 0 Å². The third-order valence-corrected chi connectivity index (χ3v) is 6.19. The van der Waals surface area contributed by atoms with Crippen LogP contribution in [0.15, 0.2) is 24.3 Å². The molecule has 1 spiro atoms. The van der Waals surface area contributed by atoms with E-state index in [0.29, 0.717) is 5.92 Å². The fourth-order valence-corrected chi connectivity index (χ4v) is 5.06. The van der Waals surface area contributed by atoms with Crippen LogP contribution in [0.25, 0.3) is 0 Å². The molecule has 2 fully saturated rings. The second-order valence-corrected chi connectivity index (χ2v) is 7.94. The van der Waals surface area contributed by atoms with Gasteiger partial charge >= 0.3 is 0 Å². The molecule has 1 aromatic rings. The van der Waals surface area contributed by atoms with Gasteiger partial charge in [0.1, 0.15) is 5.82 Å². The Balaban J connectivity index is 1.71. The summed E-state index contributed by atoms with van der Waals surface area (Å²) < 4.78 is 19.4. The zero-order valence-corrected chi connectivity index (χ0v) is 13.4. The zero-order valence-electron chi connectivity index (χ0n) is 12.6. The highest BCUT2D eigenvalue weighted by Gasteiger charge is 2.44. The van der Waals surface area contributed by atoms with Crippen molar-refractivity contribution in [1.29, 1.82) is 0 Å². The van der Waals surface area contributed by atoms with Gasteiger partial charge in [0.25, 0.3) is 0 Å². The molecule has 1 aromatic carbocycles. The average Bonchev–Trinajstić information content (AvgIpc) is 2.86. The lowest BCUT2D eigenvalue weighted by atomic mass is 9.72. The average molecular weight is 309 g/mol. The SMILES string of the molecule is CC(N)(Cc1cccc(F)c1)C1CCOC2(CCSC2)C1. The van der Waals surface area contributed by atoms with Gasteiger partial charge < -0.3 is 10.5 Å². The van der Waals surface area contributed by atoms with E-state index in [1.807, 2.05) is 17.8 Å². The quantitative estimate of drug-likeness (QED) is 0.929. The third-order valence-electron chi connectivity index (χ3n) is 4.97. The largest absolute Gasteiger partial charge is 0.374 e. The fourth-order valence-electron chi connectivity index (χ4n) is 3.69. The summed E-state index contributed by atoms with van der Waals surface area (Å²) in [4.78, 5) is 0. The van der Waals surface area contributed by atoms with Crippen LogP contribution in [-0.4, -0.2) is 29.3 Å². The number of rotatable bonds is 3. The van der Waals surface area contributed by atoms with E-state index in [-0.39, 0.29) is 17.0 Å². The van der Waals surface area contributed by atoms with Crippen LogP contribution in [0.2, 0.25) is 0 Å². The molecule has 21 heavy (non-hydrogen) atoms. The van der Waals surface area contributed by atoms with Crippen molar-refractivity contribution < 1.29 is 9.13 Å². The molecule has 4 heteroatoms. The summed E-state index contributed by atoms with van der Waals surface area (Å²) in [6.07, 6.45) is 3.92. The number of ether oxygens (including phenoxy) is 1. The molecule has 2 N–H and O–H groups in total. The molecule has 3 rings (SSSR count). The van der Waals surface area contributed by atoms with Gasteiger partial charge in [0.05, 0.1) is 5.60 Å². The van der Waals surface area contributed by atoms with Crippen molar-refractivity contribution in [2.24, 2.45) is 11.7 Å². The maximum absolute atomic E-state index is 13.4. The number of halogens is 1. The maximum Gasteiger partial charge on any atom is 0.123 e. The Morgan fingerprint density at radius 2 is 2.38 bits per heavy atom.